The van der Waals surface area contributed by atoms with Crippen LogP contribution in [0, 0.1) is 12.8 Å². The van der Waals surface area contributed by atoms with Crippen molar-refractivity contribution in [2.45, 2.75) is 38.0 Å². The van der Waals surface area contributed by atoms with E-state index in [0.717, 1.165) is 24.8 Å². The second kappa shape index (κ2) is 6.66. The lowest BCUT2D eigenvalue weighted by Gasteiger charge is -2.16. The summed E-state index contributed by atoms with van der Waals surface area (Å²) in [6.07, 6.45) is 3.10. The highest BCUT2D eigenvalue weighted by Crippen LogP contribution is 2.32. The van der Waals surface area contributed by atoms with E-state index in [1.165, 1.54) is 27.8 Å². The molecule has 1 atom stereocenters. The molecular formula is C17H20N2O3S2. The normalized spacial score (nSPS) is 17.3. The van der Waals surface area contributed by atoms with Gasteiger partial charge in [0, 0.05) is 4.88 Å². The summed E-state index contributed by atoms with van der Waals surface area (Å²) in [4.78, 5) is 16.3. The van der Waals surface area contributed by atoms with Crippen molar-refractivity contribution in [2.24, 2.45) is 5.92 Å². The van der Waals surface area contributed by atoms with Crippen LogP contribution in [0.5, 0.6) is 0 Å². The van der Waals surface area contributed by atoms with Gasteiger partial charge in [-0.05, 0) is 61.4 Å². The van der Waals surface area contributed by atoms with Crippen molar-refractivity contribution >= 4 is 27.3 Å². The van der Waals surface area contributed by atoms with Crippen LogP contribution in [0.3, 0.4) is 0 Å². The zero-order valence-corrected chi connectivity index (χ0v) is 15.3. The van der Waals surface area contributed by atoms with Crippen LogP contribution in [0.15, 0.2) is 35.2 Å². The summed E-state index contributed by atoms with van der Waals surface area (Å²) in [6.45, 7) is 4.02. The lowest BCUT2D eigenvalue weighted by atomic mass is 9.90. The molecular weight excluding hydrogens is 344 g/mol. The molecule has 0 aliphatic heterocycles. The molecule has 1 heterocycles. The molecule has 5 nitrogen and oxygen atoms in total. The molecule has 1 aromatic carbocycles. The van der Waals surface area contributed by atoms with Crippen LogP contribution in [-0.4, -0.2) is 14.3 Å². The average Bonchev–Trinajstić information content (AvgIpc) is 2.96. The Morgan fingerprint density at radius 1 is 1.29 bits per heavy atom. The van der Waals surface area contributed by atoms with E-state index in [2.05, 4.69) is 17.2 Å². The number of rotatable bonds is 4. The van der Waals surface area contributed by atoms with Crippen molar-refractivity contribution in [1.82, 2.24) is 10.3 Å². The number of hydrogen-bond donors (Lipinski definition) is 2. The summed E-state index contributed by atoms with van der Waals surface area (Å²) in [5.41, 5.74) is 4.36. The summed E-state index contributed by atoms with van der Waals surface area (Å²) in [7, 11) is -3.77. The average molecular weight is 364 g/mol. The highest BCUT2D eigenvalue weighted by Gasteiger charge is 2.22. The van der Waals surface area contributed by atoms with Gasteiger partial charge in [-0.2, -0.15) is 0 Å². The first-order chi connectivity index (χ1) is 11.3. The van der Waals surface area contributed by atoms with Gasteiger partial charge in [-0.1, -0.05) is 19.1 Å². The van der Waals surface area contributed by atoms with Crippen molar-refractivity contribution in [2.75, 3.05) is 0 Å². The van der Waals surface area contributed by atoms with Crippen molar-refractivity contribution in [3.8, 4) is 0 Å². The van der Waals surface area contributed by atoms with Gasteiger partial charge in [0.2, 0.25) is 0 Å². The van der Waals surface area contributed by atoms with E-state index < -0.39 is 15.9 Å². The summed E-state index contributed by atoms with van der Waals surface area (Å²) >= 11 is 1.45. The van der Waals surface area contributed by atoms with Gasteiger partial charge in [-0.15, -0.1) is 16.2 Å². The van der Waals surface area contributed by atoms with Crippen LogP contribution in [0.4, 0.5) is 0 Å². The number of hydrazine groups is 1. The number of fused-ring (bicyclic) bond motifs is 1. The standard InChI is InChI=1S/C17H20N2O3S2/c1-11-4-3-5-14(9-11)24(21,22)19-18-17(20)16-10-13-8-12(2)6-7-15(13)23-16/h3-5,9-10,12,19H,6-8H2,1-2H3,(H,18,20). The molecule has 2 aromatic rings. The van der Waals surface area contributed by atoms with Crippen molar-refractivity contribution in [3.05, 3.63) is 51.2 Å². The van der Waals surface area contributed by atoms with Crippen molar-refractivity contribution < 1.29 is 13.2 Å². The zero-order chi connectivity index (χ0) is 17.3. The Morgan fingerprint density at radius 3 is 2.83 bits per heavy atom. The maximum absolute atomic E-state index is 12.3. The highest BCUT2D eigenvalue weighted by molar-refractivity contribution is 7.89. The van der Waals surface area contributed by atoms with Crippen LogP contribution in [0.2, 0.25) is 0 Å². The monoisotopic (exact) mass is 364 g/mol. The third-order valence-electron chi connectivity index (χ3n) is 4.15. The Kier molecular flexibility index (Phi) is 4.76. The minimum atomic E-state index is -3.77. The number of amides is 1. The van der Waals surface area contributed by atoms with Crippen LogP contribution in [-0.2, 0) is 22.9 Å². The van der Waals surface area contributed by atoms with Gasteiger partial charge in [0.15, 0.2) is 0 Å². The van der Waals surface area contributed by atoms with Gasteiger partial charge >= 0.3 is 0 Å². The first-order valence-corrected chi connectivity index (χ1v) is 10.2. The summed E-state index contributed by atoms with van der Waals surface area (Å²) in [5, 5.41) is 0. The minimum absolute atomic E-state index is 0.127. The predicted octanol–water partition coefficient (Wildman–Crippen LogP) is 2.80. The third-order valence-corrected chi connectivity index (χ3v) is 6.63. The number of carbonyl (C=O) groups is 1. The van der Waals surface area contributed by atoms with E-state index in [-0.39, 0.29) is 4.90 Å². The molecule has 0 saturated heterocycles. The van der Waals surface area contributed by atoms with Gasteiger partial charge in [0.25, 0.3) is 15.9 Å². The lowest BCUT2D eigenvalue weighted by molar-refractivity contribution is 0.0949. The number of thiophene rings is 1. The molecule has 24 heavy (non-hydrogen) atoms. The second-order valence-electron chi connectivity index (χ2n) is 6.28. The molecule has 1 aliphatic rings. The number of nitrogens with one attached hydrogen (secondary N) is 2. The van der Waals surface area contributed by atoms with Gasteiger partial charge in [-0.25, -0.2) is 8.42 Å². The van der Waals surface area contributed by atoms with Crippen LogP contribution in [0.25, 0.3) is 0 Å². The number of aryl methyl sites for hydroxylation is 2. The van der Waals surface area contributed by atoms with Crippen LogP contribution >= 0.6 is 11.3 Å². The Bertz CT molecular complexity index is 872. The molecule has 2 N–H and O–H groups in total. The minimum Gasteiger partial charge on any atom is -0.273 e. The van der Waals surface area contributed by atoms with Crippen molar-refractivity contribution in [1.29, 1.82) is 0 Å². The fraction of sp³-hybridized carbons (Fsp3) is 0.353. The summed E-state index contributed by atoms with van der Waals surface area (Å²) in [6, 6.07) is 8.41. The molecule has 0 saturated carbocycles. The topological polar surface area (TPSA) is 75.3 Å². The molecule has 3 rings (SSSR count). The molecule has 0 spiro atoms. The molecule has 7 heteroatoms. The Morgan fingerprint density at radius 2 is 2.08 bits per heavy atom. The predicted molar refractivity (Wildman–Crippen MR) is 94.5 cm³/mol. The highest BCUT2D eigenvalue weighted by atomic mass is 32.2. The van der Waals surface area contributed by atoms with Crippen molar-refractivity contribution in [3.63, 3.8) is 0 Å². The molecule has 1 aliphatic carbocycles. The molecule has 0 radical (unpaired) electrons. The number of sulfonamides is 1. The maximum atomic E-state index is 12.3. The Hall–Kier alpha value is -1.70. The van der Waals surface area contributed by atoms with E-state index in [1.807, 2.05) is 19.1 Å². The van der Waals surface area contributed by atoms with Gasteiger partial charge in [0.1, 0.15) is 0 Å². The Labute approximate surface area is 146 Å². The van der Waals surface area contributed by atoms with E-state index in [1.54, 1.807) is 12.1 Å². The number of carbonyl (C=O) groups excluding carboxylic acids is 1. The Balaban J connectivity index is 1.69. The van der Waals surface area contributed by atoms with E-state index >= 15 is 0 Å². The molecule has 128 valence electrons. The van der Waals surface area contributed by atoms with E-state index in [4.69, 9.17) is 0 Å². The van der Waals surface area contributed by atoms with E-state index in [9.17, 15) is 13.2 Å². The first-order valence-electron chi connectivity index (χ1n) is 7.85. The molecule has 1 aromatic heterocycles. The van der Waals surface area contributed by atoms with Gasteiger partial charge in [-0.3, -0.25) is 10.2 Å². The summed E-state index contributed by atoms with van der Waals surface area (Å²) < 4.78 is 24.5. The SMILES string of the molecule is Cc1cccc(S(=O)(=O)NNC(=O)c2cc3c(s2)CCC(C)C3)c1. The number of hydrogen-bond acceptors (Lipinski definition) is 4. The number of benzene rings is 1. The fourth-order valence-electron chi connectivity index (χ4n) is 2.83. The lowest BCUT2D eigenvalue weighted by Crippen LogP contribution is -2.41. The van der Waals surface area contributed by atoms with Crippen LogP contribution < -0.4 is 10.3 Å². The summed E-state index contributed by atoms with van der Waals surface area (Å²) in [5.74, 6) is 0.209. The quantitative estimate of drug-likeness (QED) is 0.819. The molecule has 0 bridgehead atoms. The van der Waals surface area contributed by atoms with Gasteiger partial charge < -0.3 is 0 Å². The molecule has 1 amide bonds. The first kappa shape index (κ1) is 17.1. The van der Waals surface area contributed by atoms with Gasteiger partial charge in [0.05, 0.1) is 9.77 Å². The molecule has 1 unspecified atom stereocenters. The van der Waals surface area contributed by atoms with E-state index in [0.29, 0.717) is 10.8 Å². The molecule has 0 fully saturated rings. The smallest absolute Gasteiger partial charge is 0.273 e. The third kappa shape index (κ3) is 3.68. The maximum Gasteiger partial charge on any atom is 0.276 e. The zero-order valence-electron chi connectivity index (χ0n) is 13.6. The largest absolute Gasteiger partial charge is 0.276 e. The van der Waals surface area contributed by atoms with Crippen LogP contribution in [0.1, 0.15) is 39.0 Å². The second-order valence-corrected chi connectivity index (χ2v) is 9.10. The fourth-order valence-corrected chi connectivity index (χ4v) is 4.88.